The fraction of sp³-hybridized carbons (Fsp3) is 0.588. The molecule has 0 aliphatic rings. The molecule has 1 unspecified atom stereocenters. The summed E-state index contributed by atoms with van der Waals surface area (Å²) in [6, 6.07) is 10.7. The van der Waals surface area contributed by atoms with Crippen molar-refractivity contribution in [3.05, 3.63) is 35.9 Å². The number of sulfonamides is 1. The van der Waals surface area contributed by atoms with Crippen molar-refractivity contribution in [3.8, 4) is 0 Å². The van der Waals surface area contributed by atoms with Gasteiger partial charge in [-0.1, -0.05) is 30.3 Å². The van der Waals surface area contributed by atoms with E-state index < -0.39 is 10.0 Å². The van der Waals surface area contributed by atoms with Crippen molar-refractivity contribution >= 4 is 16.0 Å². The van der Waals surface area contributed by atoms with Gasteiger partial charge in [0.05, 0.1) is 5.75 Å². The molecule has 0 saturated carbocycles. The smallest absolute Gasteiger partial charge is 0.211 e. The number of rotatable bonds is 10. The lowest BCUT2D eigenvalue weighted by molar-refractivity contribution is 0.577. The fourth-order valence-electron chi connectivity index (χ4n) is 2.15. The van der Waals surface area contributed by atoms with Crippen LogP contribution in [0.15, 0.2) is 35.3 Å². The molecule has 1 aromatic carbocycles. The lowest BCUT2D eigenvalue weighted by Crippen LogP contribution is -2.43. The SMILES string of the molecule is CCS(=O)(=O)NCCCNC(=NC)NC(C)CCc1ccccc1. The predicted molar refractivity (Wildman–Crippen MR) is 101 cm³/mol. The van der Waals surface area contributed by atoms with E-state index in [9.17, 15) is 8.42 Å². The Morgan fingerprint density at radius 1 is 1.21 bits per heavy atom. The molecule has 0 aliphatic carbocycles. The van der Waals surface area contributed by atoms with Gasteiger partial charge >= 0.3 is 0 Å². The highest BCUT2D eigenvalue weighted by atomic mass is 32.2. The maximum atomic E-state index is 11.3. The van der Waals surface area contributed by atoms with Gasteiger partial charge in [0.25, 0.3) is 0 Å². The molecule has 24 heavy (non-hydrogen) atoms. The number of benzene rings is 1. The van der Waals surface area contributed by atoms with Gasteiger partial charge in [-0.3, -0.25) is 4.99 Å². The number of hydrogen-bond acceptors (Lipinski definition) is 3. The average Bonchev–Trinajstić information content (AvgIpc) is 2.59. The zero-order chi connectivity index (χ0) is 17.8. The summed E-state index contributed by atoms with van der Waals surface area (Å²) >= 11 is 0. The highest BCUT2D eigenvalue weighted by Crippen LogP contribution is 2.04. The summed E-state index contributed by atoms with van der Waals surface area (Å²) in [4.78, 5) is 4.20. The molecule has 136 valence electrons. The van der Waals surface area contributed by atoms with Gasteiger partial charge in [-0.15, -0.1) is 0 Å². The average molecular weight is 355 g/mol. The summed E-state index contributed by atoms with van der Waals surface area (Å²) in [5.41, 5.74) is 1.33. The normalized spacial score (nSPS) is 13.5. The summed E-state index contributed by atoms with van der Waals surface area (Å²) in [5, 5.41) is 6.56. The first-order valence-corrected chi connectivity index (χ1v) is 10.1. The van der Waals surface area contributed by atoms with Gasteiger partial charge in [0.1, 0.15) is 0 Å². The van der Waals surface area contributed by atoms with Crippen LogP contribution >= 0.6 is 0 Å². The van der Waals surface area contributed by atoms with Crippen LogP contribution in [-0.2, 0) is 16.4 Å². The Morgan fingerprint density at radius 3 is 2.54 bits per heavy atom. The Balaban J connectivity index is 2.22. The van der Waals surface area contributed by atoms with Gasteiger partial charge in [0, 0.05) is 26.2 Å². The first-order chi connectivity index (χ1) is 11.5. The molecule has 0 spiro atoms. The van der Waals surface area contributed by atoms with Crippen molar-refractivity contribution in [1.29, 1.82) is 0 Å². The Labute approximate surface area is 146 Å². The number of guanidine groups is 1. The third-order valence-corrected chi connectivity index (χ3v) is 5.07. The molecule has 0 heterocycles. The van der Waals surface area contributed by atoms with Gasteiger partial charge < -0.3 is 10.6 Å². The molecular formula is C17H30N4O2S. The maximum absolute atomic E-state index is 11.3. The molecule has 0 amide bonds. The number of hydrogen-bond donors (Lipinski definition) is 3. The van der Waals surface area contributed by atoms with Crippen LogP contribution in [0, 0.1) is 0 Å². The third kappa shape index (κ3) is 8.88. The molecule has 1 atom stereocenters. The van der Waals surface area contributed by atoms with Gasteiger partial charge in [-0.05, 0) is 38.7 Å². The van der Waals surface area contributed by atoms with Crippen LogP contribution in [0.4, 0.5) is 0 Å². The molecular weight excluding hydrogens is 324 g/mol. The maximum Gasteiger partial charge on any atom is 0.211 e. The second kappa shape index (κ2) is 11.0. The van der Waals surface area contributed by atoms with Gasteiger partial charge in [-0.25, -0.2) is 13.1 Å². The number of nitrogens with zero attached hydrogens (tertiary/aromatic N) is 1. The quantitative estimate of drug-likeness (QED) is 0.338. The van der Waals surface area contributed by atoms with Crippen molar-refractivity contribution in [1.82, 2.24) is 15.4 Å². The Bertz CT molecular complexity index is 588. The van der Waals surface area contributed by atoms with E-state index in [1.54, 1.807) is 14.0 Å². The highest BCUT2D eigenvalue weighted by molar-refractivity contribution is 7.89. The highest BCUT2D eigenvalue weighted by Gasteiger charge is 2.07. The topological polar surface area (TPSA) is 82.6 Å². The van der Waals surface area contributed by atoms with Crippen molar-refractivity contribution in [2.24, 2.45) is 4.99 Å². The molecule has 0 bridgehead atoms. The molecule has 0 radical (unpaired) electrons. The van der Waals surface area contributed by atoms with E-state index >= 15 is 0 Å². The first-order valence-electron chi connectivity index (χ1n) is 8.45. The Kier molecular flexibility index (Phi) is 9.41. The molecule has 6 nitrogen and oxygen atoms in total. The van der Waals surface area contributed by atoms with E-state index in [0.29, 0.717) is 25.6 Å². The first kappa shape index (κ1) is 20.4. The Morgan fingerprint density at radius 2 is 1.92 bits per heavy atom. The summed E-state index contributed by atoms with van der Waals surface area (Å²) in [6.07, 6.45) is 2.74. The van der Waals surface area contributed by atoms with Crippen LogP contribution in [0.1, 0.15) is 32.3 Å². The second-order valence-electron chi connectivity index (χ2n) is 5.72. The molecule has 1 aromatic rings. The predicted octanol–water partition coefficient (Wildman–Crippen LogP) is 1.50. The minimum Gasteiger partial charge on any atom is -0.356 e. The molecule has 0 aromatic heterocycles. The third-order valence-electron chi connectivity index (χ3n) is 3.66. The van der Waals surface area contributed by atoms with E-state index in [1.807, 2.05) is 6.07 Å². The van der Waals surface area contributed by atoms with Crippen molar-refractivity contribution < 1.29 is 8.42 Å². The summed E-state index contributed by atoms with van der Waals surface area (Å²) in [7, 11) is -1.37. The van der Waals surface area contributed by atoms with Gasteiger partial charge in [0.2, 0.25) is 10.0 Å². The van der Waals surface area contributed by atoms with Crippen LogP contribution in [-0.4, -0.2) is 46.3 Å². The van der Waals surface area contributed by atoms with Crippen molar-refractivity contribution in [3.63, 3.8) is 0 Å². The van der Waals surface area contributed by atoms with E-state index in [-0.39, 0.29) is 5.75 Å². The summed E-state index contributed by atoms with van der Waals surface area (Å²) < 4.78 is 25.2. The van der Waals surface area contributed by atoms with E-state index in [1.165, 1.54) is 5.56 Å². The zero-order valence-electron chi connectivity index (χ0n) is 14.9. The van der Waals surface area contributed by atoms with Crippen LogP contribution in [0.25, 0.3) is 0 Å². The number of aryl methyl sites for hydroxylation is 1. The number of nitrogens with one attached hydrogen (secondary N) is 3. The van der Waals surface area contributed by atoms with E-state index in [4.69, 9.17) is 0 Å². The van der Waals surface area contributed by atoms with Crippen LogP contribution in [0.2, 0.25) is 0 Å². The minimum atomic E-state index is -3.10. The lowest BCUT2D eigenvalue weighted by Gasteiger charge is -2.18. The van der Waals surface area contributed by atoms with Gasteiger partial charge in [-0.2, -0.15) is 0 Å². The van der Waals surface area contributed by atoms with Crippen LogP contribution < -0.4 is 15.4 Å². The van der Waals surface area contributed by atoms with E-state index in [2.05, 4.69) is 51.5 Å². The Hall–Kier alpha value is -1.60. The zero-order valence-corrected chi connectivity index (χ0v) is 15.7. The molecule has 7 heteroatoms. The van der Waals surface area contributed by atoms with E-state index in [0.717, 1.165) is 18.8 Å². The van der Waals surface area contributed by atoms with Crippen LogP contribution in [0.3, 0.4) is 0 Å². The lowest BCUT2D eigenvalue weighted by atomic mass is 10.1. The van der Waals surface area contributed by atoms with Crippen molar-refractivity contribution in [2.45, 2.75) is 39.2 Å². The minimum absolute atomic E-state index is 0.114. The van der Waals surface area contributed by atoms with Crippen LogP contribution in [0.5, 0.6) is 0 Å². The largest absolute Gasteiger partial charge is 0.356 e. The number of aliphatic imine (C=N–C) groups is 1. The standard InChI is InChI=1S/C17H30N4O2S/c1-4-24(22,23)20-14-8-13-19-17(18-3)21-15(2)11-12-16-9-6-5-7-10-16/h5-7,9-10,15,20H,4,8,11-14H2,1-3H3,(H2,18,19,21). The fourth-order valence-corrected chi connectivity index (χ4v) is 2.81. The van der Waals surface area contributed by atoms with Gasteiger partial charge in [0.15, 0.2) is 5.96 Å². The summed E-state index contributed by atoms with van der Waals surface area (Å²) in [6.45, 7) is 4.86. The molecule has 1 rings (SSSR count). The summed E-state index contributed by atoms with van der Waals surface area (Å²) in [5.74, 6) is 0.858. The molecule has 0 fully saturated rings. The molecule has 0 saturated heterocycles. The van der Waals surface area contributed by atoms with Crippen molar-refractivity contribution in [2.75, 3.05) is 25.9 Å². The second-order valence-corrected chi connectivity index (χ2v) is 7.82. The monoisotopic (exact) mass is 354 g/mol. The molecule has 0 aliphatic heterocycles. The molecule has 3 N–H and O–H groups in total.